The van der Waals surface area contributed by atoms with Crippen molar-refractivity contribution in [2.75, 3.05) is 0 Å². The summed E-state index contributed by atoms with van der Waals surface area (Å²) in [7, 11) is 0. The third-order valence-electron chi connectivity index (χ3n) is 5.05. The Kier molecular flexibility index (Phi) is 4.85. The zero-order valence-electron chi connectivity index (χ0n) is 14.8. The van der Waals surface area contributed by atoms with Crippen LogP contribution in [0.5, 0.6) is 0 Å². The van der Waals surface area contributed by atoms with E-state index in [1.54, 1.807) is 0 Å². The van der Waals surface area contributed by atoms with E-state index in [9.17, 15) is 0 Å². The zero-order chi connectivity index (χ0) is 17.3. The molecule has 0 aromatic heterocycles. The molecule has 1 heteroatoms. The number of hydrogen-bond acceptors (Lipinski definition) is 0. The van der Waals surface area contributed by atoms with Crippen molar-refractivity contribution in [1.82, 2.24) is 0 Å². The average Bonchev–Trinajstić information content (AvgIpc) is 3.27. The van der Waals surface area contributed by atoms with Crippen molar-refractivity contribution in [3.8, 4) is 0 Å². The normalized spacial score (nSPS) is 10.7. The van der Waals surface area contributed by atoms with Crippen LogP contribution in [-0.2, 0) is 18.6 Å². The van der Waals surface area contributed by atoms with Crippen LogP contribution in [0, 0.1) is 0 Å². The summed E-state index contributed by atoms with van der Waals surface area (Å²) in [6, 6.07) is 38.5. The van der Waals surface area contributed by atoms with Crippen LogP contribution in [0.15, 0.2) is 109 Å². The molecule has 0 aliphatic heterocycles. The largest absolute Gasteiger partial charge is 0.128 e. The molecule has 27 heavy (non-hydrogen) atoms. The molecule has 0 aliphatic rings. The molecule has 0 fully saturated rings. The molecule has 0 spiro atoms. The topological polar surface area (TPSA) is 0 Å². The second-order valence-electron chi connectivity index (χ2n) is 6.64. The van der Waals surface area contributed by atoms with Crippen molar-refractivity contribution >= 4 is 43.1 Å². The Morgan fingerprint density at radius 3 is 1.33 bits per heavy atom. The van der Waals surface area contributed by atoms with E-state index in [2.05, 4.69) is 109 Å². The molecule has 0 N–H and O–H groups in total. The minimum atomic E-state index is 0. The minimum Gasteiger partial charge on any atom is -0.128 e. The van der Waals surface area contributed by atoms with E-state index in [1.807, 2.05) is 0 Å². The summed E-state index contributed by atoms with van der Waals surface area (Å²) in [5.41, 5.74) is 0. The second kappa shape index (κ2) is 7.44. The van der Waals surface area contributed by atoms with Crippen LogP contribution in [0.3, 0.4) is 0 Å². The van der Waals surface area contributed by atoms with Crippen molar-refractivity contribution in [2.24, 2.45) is 0 Å². The Morgan fingerprint density at radius 1 is 0.444 bits per heavy atom. The molecule has 0 bridgehead atoms. The van der Waals surface area contributed by atoms with E-state index < -0.39 is 0 Å². The minimum absolute atomic E-state index is 0. The van der Waals surface area contributed by atoms with Crippen molar-refractivity contribution < 1.29 is 18.6 Å². The molecular formula is C26H18V-2. The first-order valence-corrected chi connectivity index (χ1v) is 8.96. The molecule has 6 aromatic carbocycles. The van der Waals surface area contributed by atoms with Gasteiger partial charge in [0.1, 0.15) is 0 Å². The summed E-state index contributed by atoms with van der Waals surface area (Å²) in [6.45, 7) is 0. The van der Waals surface area contributed by atoms with Gasteiger partial charge < -0.3 is 0 Å². The fraction of sp³-hybridized carbons (Fsp3) is 0. The molecule has 0 atom stereocenters. The molecule has 0 saturated carbocycles. The van der Waals surface area contributed by atoms with Crippen molar-refractivity contribution in [2.45, 2.75) is 0 Å². The van der Waals surface area contributed by atoms with Crippen LogP contribution in [-0.4, -0.2) is 0 Å². The SMILES string of the molecule is [V].c1ccc2c(c1)cc1cccc[c-]12.c1ccc2c(c1)cc1cccc[c-]12. The van der Waals surface area contributed by atoms with Crippen LogP contribution in [0.25, 0.3) is 43.1 Å². The summed E-state index contributed by atoms with van der Waals surface area (Å²) in [5, 5.41) is 10.8. The quantitative estimate of drug-likeness (QED) is 0.240. The van der Waals surface area contributed by atoms with Gasteiger partial charge in [-0.3, -0.25) is 0 Å². The van der Waals surface area contributed by atoms with Crippen LogP contribution in [0.1, 0.15) is 0 Å². The van der Waals surface area contributed by atoms with Gasteiger partial charge in [-0.1, -0.05) is 68.7 Å². The van der Waals surface area contributed by atoms with Gasteiger partial charge in [0.25, 0.3) is 0 Å². The number of hydrogen-bond donors (Lipinski definition) is 0. The number of fused-ring (bicyclic) bond motifs is 6. The van der Waals surface area contributed by atoms with Crippen molar-refractivity contribution in [3.05, 3.63) is 109 Å². The molecular weight excluding hydrogens is 363 g/mol. The summed E-state index contributed by atoms with van der Waals surface area (Å²) in [6.07, 6.45) is 0. The van der Waals surface area contributed by atoms with Gasteiger partial charge in [0.2, 0.25) is 0 Å². The Labute approximate surface area is 170 Å². The average molecular weight is 381 g/mol. The fourth-order valence-corrected chi connectivity index (χ4v) is 3.81. The van der Waals surface area contributed by atoms with E-state index >= 15 is 0 Å². The van der Waals surface area contributed by atoms with Crippen LogP contribution < -0.4 is 0 Å². The summed E-state index contributed by atoms with van der Waals surface area (Å²) in [4.78, 5) is 0. The van der Waals surface area contributed by atoms with Gasteiger partial charge in [-0.2, -0.15) is 0 Å². The van der Waals surface area contributed by atoms with Crippen LogP contribution in [0.4, 0.5) is 0 Å². The van der Waals surface area contributed by atoms with Gasteiger partial charge >= 0.3 is 0 Å². The Balaban J connectivity index is 0.000000129. The first kappa shape index (κ1) is 17.6. The maximum atomic E-state index is 2.24. The smallest absolute Gasteiger partial charge is 0 e. The number of benzene rings is 4. The van der Waals surface area contributed by atoms with Crippen molar-refractivity contribution in [3.63, 3.8) is 0 Å². The molecule has 6 rings (SSSR count). The predicted octanol–water partition coefficient (Wildman–Crippen LogP) is 7.42. The van der Waals surface area contributed by atoms with Crippen molar-refractivity contribution in [1.29, 1.82) is 0 Å². The molecule has 0 amide bonds. The first-order valence-electron chi connectivity index (χ1n) is 8.96. The van der Waals surface area contributed by atoms with E-state index in [0.29, 0.717) is 0 Å². The Hall–Kier alpha value is -2.80. The molecule has 1 radical (unpaired) electrons. The Bertz CT molecular complexity index is 1130. The maximum Gasteiger partial charge on any atom is 0 e. The molecule has 6 aromatic rings. The van der Waals surface area contributed by atoms with Crippen LogP contribution >= 0.6 is 0 Å². The maximum absolute atomic E-state index is 2.24. The monoisotopic (exact) mass is 381 g/mol. The second-order valence-corrected chi connectivity index (χ2v) is 6.64. The van der Waals surface area contributed by atoms with E-state index in [0.717, 1.165) is 0 Å². The number of rotatable bonds is 0. The van der Waals surface area contributed by atoms with Gasteiger partial charge in [0.05, 0.1) is 0 Å². The molecule has 0 heterocycles. The third-order valence-corrected chi connectivity index (χ3v) is 5.05. The predicted molar refractivity (Wildman–Crippen MR) is 114 cm³/mol. The molecule has 0 saturated heterocycles. The molecule has 0 nitrogen and oxygen atoms in total. The summed E-state index contributed by atoms with van der Waals surface area (Å²) in [5.74, 6) is 0. The third kappa shape index (κ3) is 3.19. The van der Waals surface area contributed by atoms with E-state index in [-0.39, 0.29) is 18.6 Å². The Morgan fingerprint density at radius 2 is 0.852 bits per heavy atom. The van der Waals surface area contributed by atoms with Gasteiger partial charge in [0.15, 0.2) is 0 Å². The molecule has 0 unspecified atom stereocenters. The van der Waals surface area contributed by atoms with E-state index in [1.165, 1.54) is 43.1 Å². The van der Waals surface area contributed by atoms with Gasteiger partial charge in [-0.05, 0) is 0 Å². The van der Waals surface area contributed by atoms with Gasteiger partial charge in [-0.25, -0.2) is 0 Å². The van der Waals surface area contributed by atoms with E-state index in [4.69, 9.17) is 0 Å². The zero-order valence-corrected chi connectivity index (χ0v) is 16.2. The summed E-state index contributed by atoms with van der Waals surface area (Å²) < 4.78 is 0. The molecule has 0 aliphatic carbocycles. The van der Waals surface area contributed by atoms with Gasteiger partial charge in [0, 0.05) is 18.6 Å². The standard InChI is InChI=1S/2C13H9.V/c2*1-3-7-12-10(5-1)9-11-6-2-4-8-13(11)12;/h2*1-9H;/q2*-1;. The van der Waals surface area contributed by atoms with Crippen LogP contribution in [0.2, 0.25) is 0 Å². The summed E-state index contributed by atoms with van der Waals surface area (Å²) >= 11 is 0. The van der Waals surface area contributed by atoms with Gasteiger partial charge in [-0.15, -0.1) is 83.6 Å². The first-order chi connectivity index (χ1) is 12.9. The fourth-order valence-electron chi connectivity index (χ4n) is 3.81. The molecule has 129 valence electrons.